The van der Waals surface area contributed by atoms with Crippen LogP contribution in [0.1, 0.15) is 56.8 Å². The number of ether oxygens (including phenoxy) is 1. The van der Waals surface area contributed by atoms with Gasteiger partial charge in [-0.15, -0.1) is 0 Å². The third-order valence-corrected chi connectivity index (χ3v) is 6.04. The van der Waals surface area contributed by atoms with Gasteiger partial charge in [0.2, 0.25) is 11.8 Å². The van der Waals surface area contributed by atoms with Crippen LogP contribution in [0.3, 0.4) is 0 Å². The molecule has 4 unspecified atom stereocenters. The summed E-state index contributed by atoms with van der Waals surface area (Å²) in [7, 11) is 0. The first-order chi connectivity index (χ1) is 17.0. The molecule has 1 aliphatic rings. The number of carbonyl (C=O) groups is 3. The van der Waals surface area contributed by atoms with Crippen LogP contribution in [0.2, 0.25) is 0 Å². The molecule has 8 heteroatoms. The zero-order valence-corrected chi connectivity index (χ0v) is 21.7. The molecule has 0 radical (unpaired) electrons. The smallest absolute Gasteiger partial charge is 0.408 e. The Morgan fingerprint density at radius 2 is 1.78 bits per heavy atom. The van der Waals surface area contributed by atoms with E-state index < -0.39 is 36.3 Å². The van der Waals surface area contributed by atoms with Gasteiger partial charge in [-0.1, -0.05) is 67.1 Å². The first-order valence-corrected chi connectivity index (χ1v) is 12.3. The molecular weight excluding hydrogens is 458 g/mol. The Hall–Kier alpha value is -3.39. The van der Waals surface area contributed by atoms with E-state index >= 15 is 0 Å². The van der Waals surface area contributed by atoms with Crippen molar-refractivity contribution in [2.75, 3.05) is 6.61 Å². The summed E-state index contributed by atoms with van der Waals surface area (Å²) in [5.74, 6) is -0.672. The van der Waals surface area contributed by atoms with E-state index in [0.29, 0.717) is 12.1 Å². The predicted molar refractivity (Wildman–Crippen MR) is 137 cm³/mol. The summed E-state index contributed by atoms with van der Waals surface area (Å²) >= 11 is 0. The van der Waals surface area contributed by atoms with Crippen molar-refractivity contribution in [3.8, 4) is 0 Å². The van der Waals surface area contributed by atoms with E-state index in [1.165, 1.54) is 4.90 Å². The summed E-state index contributed by atoms with van der Waals surface area (Å²) in [6.45, 7) is 8.76. The number of aliphatic hydroxyl groups excluding tert-OH is 1. The maximum atomic E-state index is 13.8. The molecule has 3 rings (SSSR count). The van der Waals surface area contributed by atoms with E-state index in [-0.39, 0.29) is 17.9 Å². The summed E-state index contributed by atoms with van der Waals surface area (Å²) in [5, 5.41) is 15.5. The van der Waals surface area contributed by atoms with Crippen LogP contribution in [-0.2, 0) is 20.9 Å². The Morgan fingerprint density at radius 1 is 1.11 bits per heavy atom. The van der Waals surface area contributed by atoms with Gasteiger partial charge in [0.25, 0.3) is 0 Å². The molecule has 1 aliphatic carbocycles. The summed E-state index contributed by atoms with van der Waals surface area (Å²) < 4.78 is 5.28. The number of alkyl carbamates (subject to hydrolysis) is 1. The minimum absolute atomic E-state index is 0.184. The Balaban J connectivity index is 1.92. The van der Waals surface area contributed by atoms with Crippen LogP contribution in [0, 0.1) is 12.8 Å². The van der Waals surface area contributed by atoms with Crippen molar-refractivity contribution in [1.82, 2.24) is 15.5 Å². The monoisotopic (exact) mass is 495 g/mol. The highest BCUT2D eigenvalue weighted by Crippen LogP contribution is 2.40. The first-order valence-electron chi connectivity index (χ1n) is 12.3. The van der Waals surface area contributed by atoms with Gasteiger partial charge < -0.3 is 25.4 Å². The molecule has 36 heavy (non-hydrogen) atoms. The SMILES string of the molecule is Cc1cccc(C(C(=O)NCc2ccccc2)N(C(=O)C(CO)NC(=O)OC(C)(C)C)C2CC2C)c1. The fourth-order valence-electron chi connectivity index (χ4n) is 4.15. The normalized spacial score (nSPS) is 18.5. The highest BCUT2D eigenvalue weighted by atomic mass is 16.6. The maximum absolute atomic E-state index is 13.8. The van der Waals surface area contributed by atoms with E-state index in [9.17, 15) is 19.5 Å². The van der Waals surface area contributed by atoms with Crippen LogP contribution in [0.15, 0.2) is 54.6 Å². The summed E-state index contributed by atoms with van der Waals surface area (Å²) in [5.41, 5.74) is 1.79. The molecule has 2 aromatic carbocycles. The number of hydrogen-bond acceptors (Lipinski definition) is 5. The Labute approximate surface area is 213 Å². The Morgan fingerprint density at radius 3 is 2.33 bits per heavy atom. The fourth-order valence-corrected chi connectivity index (χ4v) is 4.15. The van der Waals surface area contributed by atoms with Gasteiger partial charge in [0, 0.05) is 12.6 Å². The third kappa shape index (κ3) is 7.31. The second-order valence-electron chi connectivity index (χ2n) is 10.4. The quantitative estimate of drug-likeness (QED) is 0.494. The van der Waals surface area contributed by atoms with Crippen LogP contribution in [0.25, 0.3) is 0 Å². The molecule has 8 nitrogen and oxygen atoms in total. The number of amides is 3. The largest absolute Gasteiger partial charge is 0.444 e. The molecule has 0 bridgehead atoms. The van der Waals surface area contributed by atoms with Crippen LogP contribution < -0.4 is 10.6 Å². The molecule has 0 spiro atoms. The van der Waals surface area contributed by atoms with Gasteiger partial charge in [0.15, 0.2) is 0 Å². The molecule has 0 heterocycles. The van der Waals surface area contributed by atoms with E-state index in [0.717, 1.165) is 17.5 Å². The van der Waals surface area contributed by atoms with Gasteiger partial charge in [-0.05, 0) is 51.2 Å². The van der Waals surface area contributed by atoms with E-state index in [4.69, 9.17) is 4.74 Å². The van der Waals surface area contributed by atoms with Gasteiger partial charge in [-0.25, -0.2) is 4.79 Å². The molecule has 3 amide bonds. The molecule has 194 valence electrons. The maximum Gasteiger partial charge on any atom is 0.408 e. The first kappa shape index (κ1) is 27.2. The lowest BCUT2D eigenvalue weighted by Gasteiger charge is -2.34. The number of aryl methyl sites for hydroxylation is 1. The minimum Gasteiger partial charge on any atom is -0.444 e. The summed E-state index contributed by atoms with van der Waals surface area (Å²) in [4.78, 5) is 41.4. The zero-order chi connectivity index (χ0) is 26.5. The molecule has 0 saturated heterocycles. The number of hydrogen-bond donors (Lipinski definition) is 3. The van der Waals surface area contributed by atoms with E-state index in [1.54, 1.807) is 20.8 Å². The lowest BCUT2D eigenvalue weighted by Crippen LogP contribution is -2.55. The number of carbonyl (C=O) groups excluding carboxylic acids is 3. The molecule has 0 aromatic heterocycles. The van der Waals surface area contributed by atoms with Gasteiger partial charge >= 0.3 is 6.09 Å². The van der Waals surface area contributed by atoms with E-state index in [2.05, 4.69) is 10.6 Å². The molecule has 2 aromatic rings. The zero-order valence-electron chi connectivity index (χ0n) is 21.7. The van der Waals surface area contributed by atoms with Crippen LogP contribution in [0.5, 0.6) is 0 Å². The summed E-state index contributed by atoms with van der Waals surface area (Å²) in [6, 6.07) is 14.6. The van der Waals surface area contributed by atoms with E-state index in [1.807, 2.05) is 68.4 Å². The van der Waals surface area contributed by atoms with Crippen molar-refractivity contribution in [3.05, 3.63) is 71.3 Å². The van der Waals surface area contributed by atoms with Gasteiger partial charge in [0.05, 0.1) is 6.61 Å². The van der Waals surface area contributed by atoms with Crippen molar-refractivity contribution >= 4 is 17.9 Å². The number of nitrogens with zero attached hydrogens (tertiary/aromatic N) is 1. The van der Waals surface area contributed by atoms with Crippen molar-refractivity contribution in [2.45, 2.75) is 71.3 Å². The van der Waals surface area contributed by atoms with Gasteiger partial charge in [-0.2, -0.15) is 0 Å². The van der Waals surface area contributed by atoms with Crippen LogP contribution in [-0.4, -0.2) is 52.2 Å². The number of rotatable bonds is 9. The molecule has 3 N–H and O–H groups in total. The van der Waals surface area contributed by atoms with Gasteiger partial charge in [0.1, 0.15) is 17.7 Å². The molecule has 1 saturated carbocycles. The number of aliphatic hydroxyl groups is 1. The second-order valence-corrected chi connectivity index (χ2v) is 10.4. The molecular formula is C28H37N3O5. The van der Waals surface area contributed by atoms with Crippen LogP contribution >= 0.6 is 0 Å². The summed E-state index contributed by atoms with van der Waals surface area (Å²) in [6.07, 6.45) is -0.0794. The fraction of sp³-hybridized carbons (Fsp3) is 0.464. The molecule has 0 aliphatic heterocycles. The number of benzene rings is 2. The Bertz CT molecular complexity index is 1070. The third-order valence-electron chi connectivity index (χ3n) is 6.04. The Kier molecular flexibility index (Phi) is 8.74. The topological polar surface area (TPSA) is 108 Å². The average Bonchev–Trinajstić information content (AvgIpc) is 3.54. The molecule has 4 atom stereocenters. The average molecular weight is 496 g/mol. The van der Waals surface area contributed by atoms with Crippen molar-refractivity contribution in [1.29, 1.82) is 0 Å². The lowest BCUT2D eigenvalue weighted by molar-refractivity contribution is -0.144. The highest BCUT2D eigenvalue weighted by Gasteiger charge is 2.48. The van der Waals surface area contributed by atoms with Gasteiger partial charge in [-0.3, -0.25) is 9.59 Å². The van der Waals surface area contributed by atoms with Crippen molar-refractivity contribution in [2.24, 2.45) is 5.92 Å². The molecule has 1 fully saturated rings. The predicted octanol–water partition coefficient (Wildman–Crippen LogP) is 3.48. The standard InChI is InChI=1S/C28H37N3O5/c1-18-10-9-13-21(14-18)24(25(33)29-16-20-11-7-6-8-12-20)31(23-15-19(23)2)26(34)22(17-32)30-27(35)36-28(3,4)5/h6-14,19,22-24,32H,15-17H2,1-5H3,(H,29,33)(H,30,35). The second kappa shape index (κ2) is 11.6. The number of nitrogens with one attached hydrogen (secondary N) is 2. The van der Waals surface area contributed by atoms with Crippen molar-refractivity contribution in [3.63, 3.8) is 0 Å². The van der Waals surface area contributed by atoms with Crippen LogP contribution in [0.4, 0.5) is 4.79 Å². The lowest BCUT2D eigenvalue weighted by atomic mass is 10.0. The highest BCUT2D eigenvalue weighted by molar-refractivity contribution is 5.92. The van der Waals surface area contributed by atoms with Crippen molar-refractivity contribution < 1.29 is 24.2 Å². The minimum atomic E-state index is -1.25.